The second-order valence-corrected chi connectivity index (χ2v) is 10.1. The van der Waals surface area contributed by atoms with Crippen LogP contribution in [0.2, 0.25) is 0 Å². The number of benzene rings is 1. The van der Waals surface area contributed by atoms with Gasteiger partial charge >= 0.3 is 5.97 Å². The first-order valence-corrected chi connectivity index (χ1v) is 12.8. The summed E-state index contributed by atoms with van der Waals surface area (Å²) in [6, 6.07) is 15.5. The number of methoxy groups -OCH3 is 1. The third-order valence-corrected chi connectivity index (χ3v) is 6.89. The van der Waals surface area contributed by atoms with Crippen molar-refractivity contribution >= 4 is 39.6 Å². The van der Waals surface area contributed by atoms with Crippen LogP contribution in [0.4, 0.5) is 10.9 Å². The van der Waals surface area contributed by atoms with E-state index in [9.17, 15) is 4.79 Å². The molecule has 4 aromatic rings. The number of hydrogen-bond acceptors (Lipinski definition) is 8. The number of pyridine rings is 1. The lowest BCUT2D eigenvalue weighted by Crippen LogP contribution is -2.07. The van der Waals surface area contributed by atoms with Crippen molar-refractivity contribution in [3.8, 4) is 27.6 Å². The molecular formula is C26H27N3O3S2. The van der Waals surface area contributed by atoms with E-state index in [1.807, 2.05) is 54.8 Å². The summed E-state index contributed by atoms with van der Waals surface area (Å²) in [5.74, 6) is 1.26. The molecule has 0 unspecified atom stereocenters. The maximum atomic E-state index is 12.4. The van der Waals surface area contributed by atoms with Gasteiger partial charge in [-0.25, -0.2) is 14.8 Å². The molecule has 0 fully saturated rings. The van der Waals surface area contributed by atoms with Crippen molar-refractivity contribution in [2.24, 2.45) is 5.92 Å². The average molecular weight is 494 g/mol. The van der Waals surface area contributed by atoms with Gasteiger partial charge in [0.05, 0.1) is 30.0 Å². The summed E-state index contributed by atoms with van der Waals surface area (Å²) in [6.07, 6.45) is 0.889. The first-order chi connectivity index (χ1) is 16.5. The van der Waals surface area contributed by atoms with Crippen molar-refractivity contribution in [3.05, 3.63) is 64.4 Å². The number of rotatable bonds is 9. The van der Waals surface area contributed by atoms with Crippen molar-refractivity contribution < 1.29 is 14.3 Å². The zero-order valence-corrected chi connectivity index (χ0v) is 21.3. The Bertz CT molecular complexity index is 1270. The van der Waals surface area contributed by atoms with Gasteiger partial charge in [0, 0.05) is 10.4 Å². The molecule has 0 saturated heterocycles. The Kier molecular flexibility index (Phi) is 7.59. The predicted molar refractivity (Wildman–Crippen MR) is 139 cm³/mol. The van der Waals surface area contributed by atoms with Crippen molar-refractivity contribution in [2.45, 2.75) is 27.2 Å². The van der Waals surface area contributed by atoms with Crippen LogP contribution in [0, 0.1) is 5.92 Å². The standard InChI is InChI=1S/C26H27N3O3S2/c1-5-32-18-9-6-8-17(15-18)23-22(14-16(2)3)34-26(28-23)29-24-19(25(30)31-4)11-12-20(27-24)21-10-7-13-33-21/h6-13,15-16H,5,14H2,1-4H3,(H,27,28,29). The van der Waals surface area contributed by atoms with Crippen LogP contribution in [0.25, 0.3) is 21.8 Å². The predicted octanol–water partition coefficient (Wildman–Crippen LogP) is 7.06. The molecule has 1 aromatic carbocycles. The fourth-order valence-corrected chi connectivity index (χ4v) is 5.42. The van der Waals surface area contributed by atoms with E-state index in [2.05, 4.69) is 19.2 Å². The molecule has 4 rings (SSSR count). The smallest absolute Gasteiger partial charge is 0.341 e. The van der Waals surface area contributed by atoms with Crippen LogP contribution in [0.3, 0.4) is 0 Å². The van der Waals surface area contributed by atoms with Crippen LogP contribution >= 0.6 is 22.7 Å². The lowest BCUT2D eigenvalue weighted by Gasteiger charge is -2.09. The summed E-state index contributed by atoms with van der Waals surface area (Å²) in [5, 5.41) is 5.98. The molecule has 0 aliphatic heterocycles. The first-order valence-electron chi connectivity index (χ1n) is 11.1. The molecule has 3 heterocycles. The molecular weight excluding hydrogens is 466 g/mol. The molecule has 3 aromatic heterocycles. The third kappa shape index (κ3) is 5.46. The summed E-state index contributed by atoms with van der Waals surface area (Å²) in [7, 11) is 1.37. The van der Waals surface area contributed by atoms with Crippen molar-refractivity contribution in [1.29, 1.82) is 0 Å². The number of nitrogens with one attached hydrogen (secondary N) is 1. The fourth-order valence-electron chi connectivity index (χ4n) is 3.53. The molecule has 0 spiro atoms. The average Bonchev–Trinajstić information content (AvgIpc) is 3.49. The molecule has 1 N–H and O–H groups in total. The second-order valence-electron chi connectivity index (χ2n) is 8.04. The van der Waals surface area contributed by atoms with Crippen LogP contribution in [0.15, 0.2) is 53.9 Å². The Morgan fingerprint density at radius 3 is 2.68 bits per heavy atom. The topological polar surface area (TPSA) is 73.3 Å². The van der Waals surface area contributed by atoms with Gasteiger partial charge in [0.2, 0.25) is 0 Å². The Hall–Kier alpha value is -3.23. The number of nitrogens with zero attached hydrogens (tertiary/aromatic N) is 2. The first kappa shape index (κ1) is 23.9. The van der Waals surface area contributed by atoms with E-state index in [0.29, 0.717) is 29.0 Å². The van der Waals surface area contributed by atoms with Gasteiger partial charge in [-0.3, -0.25) is 0 Å². The van der Waals surface area contributed by atoms with E-state index in [4.69, 9.17) is 19.4 Å². The number of hydrogen-bond donors (Lipinski definition) is 1. The highest BCUT2D eigenvalue weighted by molar-refractivity contribution is 7.16. The summed E-state index contributed by atoms with van der Waals surface area (Å²) in [5.41, 5.74) is 3.06. The zero-order valence-electron chi connectivity index (χ0n) is 19.6. The molecule has 0 radical (unpaired) electrons. The molecule has 34 heavy (non-hydrogen) atoms. The van der Waals surface area contributed by atoms with Crippen molar-refractivity contribution in [3.63, 3.8) is 0 Å². The zero-order chi connectivity index (χ0) is 24.1. The summed E-state index contributed by atoms with van der Waals surface area (Å²) < 4.78 is 10.7. The van der Waals surface area contributed by atoms with E-state index >= 15 is 0 Å². The molecule has 0 saturated carbocycles. The SMILES string of the molecule is CCOc1cccc(-c2nc(Nc3nc(-c4cccs4)ccc3C(=O)OC)sc2CC(C)C)c1. The largest absolute Gasteiger partial charge is 0.494 e. The maximum Gasteiger partial charge on any atom is 0.341 e. The van der Waals surface area contributed by atoms with Gasteiger partial charge in [0.15, 0.2) is 5.13 Å². The number of aromatic nitrogens is 2. The summed E-state index contributed by atoms with van der Waals surface area (Å²) >= 11 is 3.17. The molecule has 176 valence electrons. The van der Waals surface area contributed by atoms with Crippen LogP contribution in [-0.2, 0) is 11.2 Å². The Balaban J connectivity index is 1.74. The Morgan fingerprint density at radius 2 is 1.97 bits per heavy atom. The number of thiophene rings is 1. The second kappa shape index (κ2) is 10.8. The maximum absolute atomic E-state index is 12.4. The third-order valence-electron chi connectivity index (χ3n) is 5.01. The van der Waals surface area contributed by atoms with Crippen LogP contribution < -0.4 is 10.1 Å². The van der Waals surface area contributed by atoms with Crippen molar-refractivity contribution in [2.75, 3.05) is 19.0 Å². The lowest BCUT2D eigenvalue weighted by molar-refractivity contribution is 0.0601. The van der Waals surface area contributed by atoms with Gasteiger partial charge in [-0.2, -0.15) is 0 Å². The van der Waals surface area contributed by atoms with Crippen LogP contribution in [-0.4, -0.2) is 29.7 Å². The number of anilines is 2. The van der Waals surface area contributed by atoms with E-state index in [1.165, 1.54) is 12.0 Å². The number of thiazole rings is 1. The van der Waals surface area contributed by atoms with E-state index in [0.717, 1.165) is 34.0 Å². The molecule has 6 nitrogen and oxygen atoms in total. The van der Waals surface area contributed by atoms with Crippen LogP contribution in [0.5, 0.6) is 5.75 Å². The molecule has 0 bridgehead atoms. The summed E-state index contributed by atoms with van der Waals surface area (Å²) in [6.45, 7) is 6.95. The number of esters is 1. The number of carbonyl (C=O) groups excluding carboxylic acids is 1. The molecule has 0 aliphatic rings. The number of carbonyl (C=O) groups is 1. The molecule has 0 atom stereocenters. The molecule has 0 amide bonds. The monoisotopic (exact) mass is 493 g/mol. The van der Waals surface area contributed by atoms with Gasteiger partial charge < -0.3 is 14.8 Å². The molecule has 0 aliphatic carbocycles. The molecule has 8 heteroatoms. The highest BCUT2D eigenvalue weighted by Crippen LogP contribution is 2.36. The van der Waals surface area contributed by atoms with E-state index in [1.54, 1.807) is 28.7 Å². The minimum absolute atomic E-state index is 0.364. The number of ether oxygens (including phenoxy) is 2. The fraction of sp³-hybridized carbons (Fsp3) is 0.269. The normalized spacial score (nSPS) is 11.0. The van der Waals surface area contributed by atoms with Gasteiger partial charge in [-0.1, -0.05) is 32.0 Å². The van der Waals surface area contributed by atoms with Crippen molar-refractivity contribution in [1.82, 2.24) is 9.97 Å². The minimum atomic E-state index is -0.448. The Labute approximate surface area is 207 Å². The van der Waals surface area contributed by atoms with Gasteiger partial charge in [-0.15, -0.1) is 22.7 Å². The van der Waals surface area contributed by atoms with E-state index in [-0.39, 0.29) is 0 Å². The van der Waals surface area contributed by atoms with Gasteiger partial charge in [-0.05, 0) is 55.0 Å². The van der Waals surface area contributed by atoms with Crippen LogP contribution in [0.1, 0.15) is 36.0 Å². The van der Waals surface area contributed by atoms with Gasteiger partial charge in [0.1, 0.15) is 17.1 Å². The quantitative estimate of drug-likeness (QED) is 0.252. The highest BCUT2D eigenvalue weighted by atomic mass is 32.1. The summed E-state index contributed by atoms with van der Waals surface area (Å²) in [4.78, 5) is 24.3. The Morgan fingerprint density at radius 1 is 1.12 bits per heavy atom. The minimum Gasteiger partial charge on any atom is -0.494 e. The van der Waals surface area contributed by atoms with Gasteiger partial charge in [0.25, 0.3) is 0 Å². The van der Waals surface area contributed by atoms with E-state index < -0.39 is 5.97 Å². The lowest BCUT2D eigenvalue weighted by atomic mass is 10.0. The highest BCUT2D eigenvalue weighted by Gasteiger charge is 2.19.